The maximum atomic E-state index is 5.16. The number of guanidine groups is 1. The van der Waals surface area contributed by atoms with E-state index < -0.39 is 0 Å². The molecule has 0 aliphatic heterocycles. The predicted molar refractivity (Wildman–Crippen MR) is 58.2 cm³/mol. The largest absolute Gasteiger partial charge is 0.367 e. The van der Waals surface area contributed by atoms with Crippen LogP contribution in [-0.4, -0.2) is 10.9 Å². The zero-order chi connectivity index (χ0) is 10.7. The van der Waals surface area contributed by atoms with E-state index in [4.69, 9.17) is 16.3 Å². The number of rotatable bonds is 2. The minimum atomic E-state index is -0.135. The van der Waals surface area contributed by atoms with E-state index in [-0.39, 0.29) is 5.96 Å². The fraction of sp³-hybridized carbons (Fsp3) is 0. The molecule has 1 heterocycles. The summed E-state index contributed by atoms with van der Waals surface area (Å²) in [6.07, 6.45) is 1.64. The van der Waals surface area contributed by atoms with Gasteiger partial charge >= 0.3 is 0 Å². The number of nitrogens with zero attached hydrogens (tertiary/aromatic N) is 2. The SMILES string of the molecule is NC(N)=NOc1nccc2ccccc12. The number of oxime groups is 1. The molecule has 0 radical (unpaired) electrons. The number of benzene rings is 1. The lowest BCUT2D eigenvalue weighted by molar-refractivity contribution is 0.331. The van der Waals surface area contributed by atoms with Gasteiger partial charge in [0, 0.05) is 11.6 Å². The summed E-state index contributed by atoms with van der Waals surface area (Å²) < 4.78 is 0. The van der Waals surface area contributed by atoms with Gasteiger partial charge in [-0.2, -0.15) is 0 Å². The van der Waals surface area contributed by atoms with Crippen LogP contribution in [0.4, 0.5) is 0 Å². The Bertz CT molecular complexity index is 500. The third kappa shape index (κ3) is 1.96. The fourth-order valence-electron chi connectivity index (χ4n) is 1.26. The highest BCUT2D eigenvalue weighted by Gasteiger charge is 2.02. The number of aromatic nitrogens is 1. The van der Waals surface area contributed by atoms with Gasteiger partial charge in [0.1, 0.15) is 0 Å². The lowest BCUT2D eigenvalue weighted by Crippen LogP contribution is -2.23. The van der Waals surface area contributed by atoms with Crippen molar-refractivity contribution < 1.29 is 4.84 Å². The van der Waals surface area contributed by atoms with Gasteiger partial charge in [0.05, 0.1) is 0 Å². The Kier molecular flexibility index (Phi) is 2.37. The van der Waals surface area contributed by atoms with E-state index in [1.165, 1.54) is 0 Å². The van der Waals surface area contributed by atoms with Crippen molar-refractivity contribution in [3.63, 3.8) is 0 Å². The lowest BCUT2D eigenvalue weighted by atomic mass is 10.2. The number of nitrogens with two attached hydrogens (primary N) is 2. The van der Waals surface area contributed by atoms with Gasteiger partial charge in [-0.3, -0.25) is 0 Å². The molecule has 0 bridgehead atoms. The van der Waals surface area contributed by atoms with E-state index in [1.807, 2.05) is 30.3 Å². The first kappa shape index (κ1) is 9.26. The molecule has 0 saturated heterocycles. The van der Waals surface area contributed by atoms with E-state index in [0.29, 0.717) is 5.88 Å². The Labute approximate surface area is 86.3 Å². The molecule has 1 aromatic heterocycles. The van der Waals surface area contributed by atoms with Crippen LogP contribution in [0.25, 0.3) is 10.8 Å². The molecular formula is C10H10N4O. The van der Waals surface area contributed by atoms with Gasteiger partial charge in [0.15, 0.2) is 0 Å². The second kappa shape index (κ2) is 3.83. The average molecular weight is 202 g/mol. The maximum absolute atomic E-state index is 5.16. The molecule has 0 unspecified atom stereocenters. The highest BCUT2D eigenvalue weighted by atomic mass is 16.6. The molecule has 2 rings (SSSR count). The molecule has 0 fully saturated rings. The third-order valence-corrected chi connectivity index (χ3v) is 1.87. The molecule has 76 valence electrons. The molecule has 0 amide bonds. The van der Waals surface area contributed by atoms with Gasteiger partial charge < -0.3 is 16.3 Å². The van der Waals surface area contributed by atoms with Crippen LogP contribution in [0.3, 0.4) is 0 Å². The highest BCUT2D eigenvalue weighted by molar-refractivity contribution is 5.86. The normalized spacial score (nSPS) is 9.87. The summed E-state index contributed by atoms with van der Waals surface area (Å²) in [6, 6.07) is 9.57. The Morgan fingerprint density at radius 1 is 1.20 bits per heavy atom. The van der Waals surface area contributed by atoms with Gasteiger partial charge in [-0.15, -0.1) is 0 Å². The monoisotopic (exact) mass is 202 g/mol. The van der Waals surface area contributed by atoms with Gasteiger partial charge in [-0.1, -0.05) is 18.2 Å². The average Bonchev–Trinajstić information content (AvgIpc) is 2.26. The van der Waals surface area contributed by atoms with Crippen molar-refractivity contribution in [2.45, 2.75) is 0 Å². The molecule has 15 heavy (non-hydrogen) atoms. The van der Waals surface area contributed by atoms with E-state index in [9.17, 15) is 0 Å². The molecular weight excluding hydrogens is 192 g/mol. The zero-order valence-corrected chi connectivity index (χ0v) is 7.92. The first-order valence-corrected chi connectivity index (χ1v) is 4.37. The minimum absolute atomic E-state index is 0.135. The molecule has 5 nitrogen and oxygen atoms in total. The number of hydrogen-bond acceptors (Lipinski definition) is 3. The summed E-state index contributed by atoms with van der Waals surface area (Å²) in [4.78, 5) is 9.05. The smallest absolute Gasteiger partial charge is 0.256 e. The van der Waals surface area contributed by atoms with Crippen LogP contribution in [0.2, 0.25) is 0 Å². The Balaban J connectivity index is 2.47. The molecule has 0 spiro atoms. The Hall–Kier alpha value is -2.30. The number of fused-ring (bicyclic) bond motifs is 1. The first-order chi connectivity index (χ1) is 7.27. The van der Waals surface area contributed by atoms with Crippen LogP contribution in [-0.2, 0) is 0 Å². The third-order valence-electron chi connectivity index (χ3n) is 1.87. The van der Waals surface area contributed by atoms with Crippen LogP contribution in [0.5, 0.6) is 5.88 Å². The molecule has 0 saturated carbocycles. The Morgan fingerprint density at radius 3 is 2.80 bits per heavy atom. The summed E-state index contributed by atoms with van der Waals surface area (Å²) >= 11 is 0. The van der Waals surface area contributed by atoms with Crippen molar-refractivity contribution in [2.75, 3.05) is 0 Å². The Morgan fingerprint density at radius 2 is 2.00 bits per heavy atom. The van der Waals surface area contributed by atoms with Crippen molar-refractivity contribution in [2.24, 2.45) is 16.6 Å². The van der Waals surface area contributed by atoms with Crippen molar-refractivity contribution in [1.29, 1.82) is 0 Å². The second-order valence-corrected chi connectivity index (χ2v) is 2.94. The van der Waals surface area contributed by atoms with Crippen LogP contribution < -0.4 is 16.3 Å². The summed E-state index contributed by atoms with van der Waals surface area (Å²) in [5.41, 5.74) is 10.3. The van der Waals surface area contributed by atoms with Gasteiger partial charge in [-0.05, 0) is 22.7 Å². The van der Waals surface area contributed by atoms with Crippen LogP contribution in [0.1, 0.15) is 0 Å². The van der Waals surface area contributed by atoms with Gasteiger partial charge in [0.2, 0.25) is 5.96 Å². The van der Waals surface area contributed by atoms with Crippen molar-refractivity contribution >= 4 is 16.7 Å². The summed E-state index contributed by atoms with van der Waals surface area (Å²) in [5.74, 6) is 0.256. The van der Waals surface area contributed by atoms with Crippen LogP contribution in [0, 0.1) is 0 Å². The molecule has 5 heteroatoms. The molecule has 0 aliphatic carbocycles. The van der Waals surface area contributed by atoms with Crippen LogP contribution in [0.15, 0.2) is 41.7 Å². The van der Waals surface area contributed by atoms with Crippen LogP contribution >= 0.6 is 0 Å². The topological polar surface area (TPSA) is 86.5 Å². The molecule has 1 aromatic carbocycles. The maximum Gasteiger partial charge on any atom is 0.256 e. The summed E-state index contributed by atoms with van der Waals surface area (Å²) in [5, 5.41) is 5.34. The fourth-order valence-corrected chi connectivity index (χ4v) is 1.26. The van der Waals surface area contributed by atoms with E-state index in [2.05, 4.69) is 10.1 Å². The molecule has 2 aromatic rings. The second-order valence-electron chi connectivity index (χ2n) is 2.94. The number of hydrogen-bond donors (Lipinski definition) is 2. The summed E-state index contributed by atoms with van der Waals surface area (Å²) in [7, 11) is 0. The standard InChI is InChI=1S/C10H10N4O/c11-10(12)14-15-9-8-4-2-1-3-7(8)5-6-13-9/h1-6H,(H4,11,12,14). The van der Waals surface area contributed by atoms with E-state index >= 15 is 0 Å². The predicted octanol–water partition coefficient (Wildman–Crippen LogP) is 0.802. The minimum Gasteiger partial charge on any atom is -0.367 e. The quantitative estimate of drug-likeness (QED) is 0.428. The van der Waals surface area contributed by atoms with Crippen molar-refractivity contribution in [3.05, 3.63) is 36.5 Å². The number of pyridine rings is 1. The van der Waals surface area contributed by atoms with Crippen molar-refractivity contribution in [1.82, 2.24) is 4.98 Å². The van der Waals surface area contributed by atoms with Crippen molar-refractivity contribution in [3.8, 4) is 5.88 Å². The summed E-state index contributed by atoms with van der Waals surface area (Å²) in [6.45, 7) is 0. The highest BCUT2D eigenvalue weighted by Crippen LogP contribution is 2.22. The lowest BCUT2D eigenvalue weighted by Gasteiger charge is -2.01. The van der Waals surface area contributed by atoms with Gasteiger partial charge in [-0.25, -0.2) is 4.98 Å². The van der Waals surface area contributed by atoms with E-state index in [1.54, 1.807) is 6.20 Å². The van der Waals surface area contributed by atoms with Gasteiger partial charge in [0.25, 0.3) is 5.88 Å². The zero-order valence-electron chi connectivity index (χ0n) is 7.92. The first-order valence-electron chi connectivity index (χ1n) is 4.37. The molecule has 0 atom stereocenters. The molecule has 4 N–H and O–H groups in total. The molecule has 0 aliphatic rings. The van der Waals surface area contributed by atoms with E-state index in [0.717, 1.165) is 10.8 Å².